The molecule has 16 heavy (non-hydrogen) atoms. The Hall–Kier alpha value is -0.570. The standard InChI is InChI=1S/C13H26N2O/c1-4-7-15(9-11-5-6-11)13(16)12(14)8-10(2)3/h10-12H,4-9,14H2,1-3H3/t12-/m0/s1. The summed E-state index contributed by atoms with van der Waals surface area (Å²) in [4.78, 5) is 14.1. The van der Waals surface area contributed by atoms with Crippen LogP contribution in [0.15, 0.2) is 0 Å². The van der Waals surface area contributed by atoms with Crippen LogP contribution in [-0.4, -0.2) is 29.9 Å². The molecule has 0 aliphatic heterocycles. The van der Waals surface area contributed by atoms with Gasteiger partial charge in [-0.1, -0.05) is 20.8 Å². The van der Waals surface area contributed by atoms with E-state index in [2.05, 4.69) is 20.8 Å². The fourth-order valence-corrected chi connectivity index (χ4v) is 2.02. The van der Waals surface area contributed by atoms with Gasteiger partial charge in [-0.2, -0.15) is 0 Å². The third-order valence-corrected chi connectivity index (χ3v) is 3.02. The fourth-order valence-electron chi connectivity index (χ4n) is 2.02. The molecule has 1 atom stereocenters. The smallest absolute Gasteiger partial charge is 0.239 e. The van der Waals surface area contributed by atoms with Crippen molar-refractivity contribution in [2.24, 2.45) is 17.6 Å². The van der Waals surface area contributed by atoms with Crippen LogP contribution in [0.4, 0.5) is 0 Å². The second-order valence-electron chi connectivity index (χ2n) is 5.46. The molecule has 0 aromatic heterocycles. The molecular formula is C13H26N2O. The first-order valence-corrected chi connectivity index (χ1v) is 6.59. The lowest BCUT2D eigenvalue weighted by molar-refractivity contribution is -0.133. The Bertz CT molecular complexity index is 224. The van der Waals surface area contributed by atoms with Gasteiger partial charge in [-0.3, -0.25) is 4.79 Å². The summed E-state index contributed by atoms with van der Waals surface area (Å²) < 4.78 is 0. The average Bonchev–Trinajstić information content (AvgIpc) is 2.99. The van der Waals surface area contributed by atoms with Crippen molar-refractivity contribution in [1.82, 2.24) is 4.90 Å². The summed E-state index contributed by atoms with van der Waals surface area (Å²) in [6.45, 7) is 8.12. The summed E-state index contributed by atoms with van der Waals surface area (Å²) in [5.41, 5.74) is 5.95. The van der Waals surface area contributed by atoms with E-state index in [-0.39, 0.29) is 11.9 Å². The summed E-state index contributed by atoms with van der Waals surface area (Å²) in [6.07, 6.45) is 4.39. The molecule has 0 aromatic carbocycles. The Morgan fingerprint density at radius 3 is 2.50 bits per heavy atom. The molecule has 0 unspecified atom stereocenters. The molecule has 1 aliphatic rings. The lowest BCUT2D eigenvalue weighted by Crippen LogP contribution is -2.45. The highest BCUT2D eigenvalue weighted by molar-refractivity contribution is 5.81. The second-order valence-corrected chi connectivity index (χ2v) is 5.46. The van der Waals surface area contributed by atoms with E-state index in [1.54, 1.807) is 0 Å². The minimum absolute atomic E-state index is 0.155. The predicted molar refractivity (Wildman–Crippen MR) is 67.0 cm³/mol. The van der Waals surface area contributed by atoms with Crippen molar-refractivity contribution in [3.8, 4) is 0 Å². The maximum Gasteiger partial charge on any atom is 0.239 e. The molecule has 1 aliphatic carbocycles. The lowest BCUT2D eigenvalue weighted by Gasteiger charge is -2.26. The van der Waals surface area contributed by atoms with Gasteiger partial charge in [0, 0.05) is 13.1 Å². The normalized spacial score (nSPS) is 17.6. The number of rotatable bonds is 7. The van der Waals surface area contributed by atoms with Gasteiger partial charge in [0.1, 0.15) is 0 Å². The highest BCUT2D eigenvalue weighted by atomic mass is 16.2. The monoisotopic (exact) mass is 226 g/mol. The Morgan fingerprint density at radius 2 is 2.06 bits per heavy atom. The number of carbonyl (C=O) groups is 1. The van der Waals surface area contributed by atoms with Gasteiger partial charge in [0.05, 0.1) is 6.04 Å². The number of amides is 1. The van der Waals surface area contributed by atoms with Crippen LogP contribution < -0.4 is 5.73 Å². The Labute approximate surface area is 99.4 Å². The van der Waals surface area contributed by atoms with Crippen LogP contribution in [0.25, 0.3) is 0 Å². The van der Waals surface area contributed by atoms with Crippen LogP contribution in [0.3, 0.4) is 0 Å². The van der Waals surface area contributed by atoms with E-state index in [9.17, 15) is 4.79 Å². The summed E-state index contributed by atoms with van der Waals surface area (Å²) in [5, 5.41) is 0. The Balaban J connectivity index is 2.43. The number of hydrogen-bond acceptors (Lipinski definition) is 2. The third-order valence-electron chi connectivity index (χ3n) is 3.02. The van der Waals surface area contributed by atoms with Crippen LogP contribution in [-0.2, 0) is 4.79 Å². The van der Waals surface area contributed by atoms with Crippen LogP contribution in [0.1, 0.15) is 46.5 Å². The lowest BCUT2D eigenvalue weighted by atomic mass is 10.0. The number of hydrogen-bond donors (Lipinski definition) is 1. The maximum absolute atomic E-state index is 12.1. The van der Waals surface area contributed by atoms with E-state index in [1.165, 1.54) is 12.8 Å². The van der Waals surface area contributed by atoms with E-state index in [0.717, 1.165) is 31.8 Å². The van der Waals surface area contributed by atoms with E-state index >= 15 is 0 Å². The van der Waals surface area contributed by atoms with Crippen molar-refractivity contribution < 1.29 is 4.79 Å². The number of carbonyl (C=O) groups excluding carboxylic acids is 1. The quantitative estimate of drug-likeness (QED) is 0.722. The second kappa shape index (κ2) is 6.24. The highest BCUT2D eigenvalue weighted by Gasteiger charge is 2.28. The Kier molecular flexibility index (Phi) is 5.26. The number of nitrogens with two attached hydrogens (primary N) is 1. The van der Waals surface area contributed by atoms with Crippen LogP contribution in [0.5, 0.6) is 0 Å². The van der Waals surface area contributed by atoms with Crippen LogP contribution >= 0.6 is 0 Å². The van der Waals surface area contributed by atoms with Crippen molar-refractivity contribution in [3.05, 3.63) is 0 Å². The fraction of sp³-hybridized carbons (Fsp3) is 0.923. The molecule has 1 rings (SSSR count). The molecule has 3 nitrogen and oxygen atoms in total. The average molecular weight is 226 g/mol. The molecule has 94 valence electrons. The van der Waals surface area contributed by atoms with Crippen LogP contribution in [0.2, 0.25) is 0 Å². The van der Waals surface area contributed by atoms with E-state index in [4.69, 9.17) is 5.73 Å². The van der Waals surface area contributed by atoms with Gasteiger partial charge in [0.25, 0.3) is 0 Å². The summed E-state index contributed by atoms with van der Waals surface area (Å²) in [6, 6.07) is -0.301. The van der Waals surface area contributed by atoms with E-state index in [0.29, 0.717) is 5.92 Å². The first kappa shape index (κ1) is 13.5. The topological polar surface area (TPSA) is 46.3 Å². The van der Waals surface area contributed by atoms with Crippen molar-refractivity contribution in [1.29, 1.82) is 0 Å². The number of nitrogens with zero attached hydrogens (tertiary/aromatic N) is 1. The van der Waals surface area contributed by atoms with Gasteiger partial charge in [-0.05, 0) is 37.5 Å². The first-order valence-electron chi connectivity index (χ1n) is 6.59. The summed E-state index contributed by atoms with van der Waals surface area (Å²) >= 11 is 0. The molecule has 3 heteroatoms. The minimum atomic E-state index is -0.301. The molecule has 0 aromatic rings. The molecule has 0 bridgehead atoms. The summed E-state index contributed by atoms with van der Waals surface area (Å²) in [5.74, 6) is 1.40. The maximum atomic E-state index is 12.1. The van der Waals surface area contributed by atoms with Gasteiger partial charge in [0.15, 0.2) is 0 Å². The molecule has 1 fully saturated rings. The van der Waals surface area contributed by atoms with Crippen molar-refractivity contribution >= 4 is 5.91 Å². The van der Waals surface area contributed by atoms with Gasteiger partial charge in [-0.25, -0.2) is 0 Å². The van der Waals surface area contributed by atoms with Crippen molar-refractivity contribution in [3.63, 3.8) is 0 Å². The zero-order valence-corrected chi connectivity index (χ0v) is 10.9. The largest absolute Gasteiger partial charge is 0.341 e. The molecule has 1 saturated carbocycles. The van der Waals surface area contributed by atoms with Gasteiger partial charge < -0.3 is 10.6 Å². The van der Waals surface area contributed by atoms with E-state index < -0.39 is 0 Å². The van der Waals surface area contributed by atoms with E-state index in [1.807, 2.05) is 4.90 Å². The molecule has 1 amide bonds. The molecular weight excluding hydrogens is 200 g/mol. The minimum Gasteiger partial charge on any atom is -0.341 e. The zero-order chi connectivity index (χ0) is 12.1. The van der Waals surface area contributed by atoms with Gasteiger partial charge >= 0.3 is 0 Å². The molecule has 0 saturated heterocycles. The van der Waals surface area contributed by atoms with Gasteiger partial charge in [-0.15, -0.1) is 0 Å². The summed E-state index contributed by atoms with van der Waals surface area (Å²) in [7, 11) is 0. The first-order chi connectivity index (χ1) is 7.54. The zero-order valence-electron chi connectivity index (χ0n) is 10.9. The van der Waals surface area contributed by atoms with Crippen LogP contribution in [0, 0.1) is 11.8 Å². The molecule has 2 N–H and O–H groups in total. The third kappa shape index (κ3) is 4.52. The molecule has 0 heterocycles. The highest BCUT2D eigenvalue weighted by Crippen LogP contribution is 2.30. The van der Waals surface area contributed by atoms with Gasteiger partial charge in [0.2, 0.25) is 5.91 Å². The predicted octanol–water partition coefficient (Wildman–Crippen LogP) is 2.01. The molecule has 0 radical (unpaired) electrons. The SMILES string of the molecule is CCCN(CC1CC1)C(=O)[C@@H](N)CC(C)C. The van der Waals surface area contributed by atoms with Crippen molar-refractivity contribution in [2.45, 2.75) is 52.5 Å². The Morgan fingerprint density at radius 1 is 1.44 bits per heavy atom. The molecule has 0 spiro atoms. The van der Waals surface area contributed by atoms with Crippen molar-refractivity contribution in [2.75, 3.05) is 13.1 Å².